The fraction of sp³-hybridized carbons (Fsp3) is 0.0909. The summed E-state index contributed by atoms with van der Waals surface area (Å²) in [6.07, 6.45) is 3.39. The topological polar surface area (TPSA) is 102 Å². The zero-order valence-electron chi connectivity index (χ0n) is 15.7. The first-order chi connectivity index (χ1) is 14.0. The highest BCUT2D eigenvalue weighted by Gasteiger charge is 2.30. The summed E-state index contributed by atoms with van der Waals surface area (Å²) in [4.78, 5) is 18.6. The lowest BCUT2D eigenvalue weighted by atomic mass is 9.95. The Bertz CT molecular complexity index is 1210. The molecule has 0 unspecified atom stereocenters. The van der Waals surface area contributed by atoms with Gasteiger partial charge in [0.25, 0.3) is 11.5 Å². The van der Waals surface area contributed by atoms with Crippen molar-refractivity contribution in [3.63, 3.8) is 0 Å². The van der Waals surface area contributed by atoms with Gasteiger partial charge in [-0.3, -0.25) is 20.4 Å². The molecule has 2 aromatic heterocycles. The molecule has 0 amide bonds. The van der Waals surface area contributed by atoms with Crippen molar-refractivity contribution in [3.05, 3.63) is 99.9 Å². The minimum atomic E-state index is -0.666. The molecule has 0 aliphatic carbocycles. The maximum absolute atomic E-state index is 11.7. The van der Waals surface area contributed by atoms with E-state index in [1.54, 1.807) is 42.7 Å². The second-order valence-electron chi connectivity index (χ2n) is 6.75. The van der Waals surface area contributed by atoms with E-state index in [4.69, 9.17) is 0 Å². The lowest BCUT2D eigenvalue weighted by Gasteiger charge is -2.17. The first-order valence-electron chi connectivity index (χ1n) is 9.09. The average molecular weight is 387 g/mol. The number of aromatic amines is 1. The van der Waals surface area contributed by atoms with Crippen molar-refractivity contribution >= 4 is 22.4 Å². The summed E-state index contributed by atoms with van der Waals surface area (Å²) in [5.74, 6) is 0.667. The van der Waals surface area contributed by atoms with Crippen LogP contribution in [0, 0.1) is 17.0 Å². The van der Waals surface area contributed by atoms with Crippen LogP contribution in [0.1, 0.15) is 22.7 Å². The van der Waals surface area contributed by atoms with E-state index in [0.717, 1.165) is 10.9 Å². The van der Waals surface area contributed by atoms with E-state index >= 15 is 0 Å². The Morgan fingerprint density at radius 3 is 2.72 bits per heavy atom. The van der Waals surface area contributed by atoms with Gasteiger partial charge in [-0.05, 0) is 36.8 Å². The predicted octanol–water partition coefficient (Wildman–Crippen LogP) is 4.17. The molecule has 0 radical (unpaired) electrons. The molecule has 7 nitrogen and oxygen atoms in total. The van der Waals surface area contributed by atoms with Gasteiger partial charge in [0.1, 0.15) is 11.3 Å². The van der Waals surface area contributed by atoms with Gasteiger partial charge in [0.15, 0.2) is 6.04 Å². The number of nitrogens with one attached hydrogen (secondary N) is 2. The van der Waals surface area contributed by atoms with Crippen LogP contribution in [0.25, 0.3) is 10.9 Å². The lowest BCUT2D eigenvalue weighted by molar-refractivity contribution is -0.385. The van der Waals surface area contributed by atoms with Crippen LogP contribution in [-0.4, -0.2) is 15.0 Å². The van der Waals surface area contributed by atoms with Gasteiger partial charge in [0.2, 0.25) is 0 Å². The molecule has 4 aromatic rings. The third-order valence-electron chi connectivity index (χ3n) is 4.79. The molecular weight excluding hydrogens is 368 g/mol. The van der Waals surface area contributed by atoms with Crippen LogP contribution in [0.2, 0.25) is 0 Å². The summed E-state index contributed by atoms with van der Waals surface area (Å²) in [6, 6.07) is 16.9. The lowest BCUT2D eigenvalue weighted by Crippen LogP contribution is -2.20. The molecule has 3 N–H and O–H groups in total. The maximum atomic E-state index is 11.7. The average Bonchev–Trinajstić information content (AvgIpc) is 2.73. The summed E-state index contributed by atoms with van der Waals surface area (Å²) in [6.45, 7) is 1.95. The number of hydrogen-bond acceptors (Lipinski definition) is 5. The number of benzene rings is 2. The zero-order valence-corrected chi connectivity index (χ0v) is 15.7. The number of pyridine rings is 2. The molecule has 7 heteroatoms. The number of phenolic OH excluding ortho intramolecular Hbond substituents is 1. The first-order valence-corrected chi connectivity index (χ1v) is 9.09. The quantitative estimate of drug-likeness (QED) is 0.395. The van der Waals surface area contributed by atoms with E-state index in [-0.39, 0.29) is 11.4 Å². The minimum Gasteiger partial charge on any atom is -0.505 e. The van der Waals surface area contributed by atoms with Crippen molar-refractivity contribution < 1.29 is 15.0 Å². The number of hydrogen-bond donors (Lipinski definition) is 2. The van der Waals surface area contributed by atoms with Crippen molar-refractivity contribution in [1.29, 1.82) is 0 Å². The standard InChI is InChI=1S/C22H18N4O3/c1-14-10-12-23-19(13-14)25-21(16-6-2-3-7-18(16)26(28)29)17-9-8-15-5-4-11-24-20(15)22(17)27/h2-13,21,27H,1H3,(H,23,25)/p+1/t21-/m1/s1. The highest BCUT2D eigenvalue weighted by atomic mass is 16.6. The Balaban J connectivity index is 1.92. The summed E-state index contributed by atoms with van der Waals surface area (Å²) >= 11 is 0. The van der Waals surface area contributed by atoms with Gasteiger partial charge in [-0.15, -0.1) is 0 Å². The number of phenols is 1. The molecule has 0 aliphatic rings. The number of nitro groups is 1. The Morgan fingerprint density at radius 1 is 1.10 bits per heavy atom. The van der Waals surface area contributed by atoms with Gasteiger partial charge >= 0.3 is 0 Å². The predicted molar refractivity (Wildman–Crippen MR) is 110 cm³/mol. The third kappa shape index (κ3) is 3.58. The smallest absolute Gasteiger partial charge is 0.277 e. The first kappa shape index (κ1) is 18.4. The molecule has 4 rings (SSSR count). The summed E-state index contributed by atoms with van der Waals surface area (Å²) in [5, 5.41) is 26.7. The number of para-hydroxylation sites is 1. The molecule has 2 heterocycles. The van der Waals surface area contributed by atoms with Crippen molar-refractivity contribution in [1.82, 2.24) is 4.98 Å². The Labute approximate surface area is 166 Å². The molecule has 0 saturated heterocycles. The SMILES string of the molecule is Cc1cc[nH+]c(N[C@H](c2ccccc2[N+](=O)[O-])c2ccc3cccnc3c2O)c1. The molecule has 0 fully saturated rings. The van der Waals surface area contributed by atoms with Gasteiger partial charge in [0, 0.05) is 29.3 Å². The molecule has 1 atom stereocenters. The van der Waals surface area contributed by atoms with E-state index in [2.05, 4.69) is 15.3 Å². The van der Waals surface area contributed by atoms with E-state index < -0.39 is 11.0 Å². The Kier molecular flexibility index (Phi) is 4.78. The van der Waals surface area contributed by atoms with Crippen molar-refractivity contribution in [3.8, 4) is 5.75 Å². The van der Waals surface area contributed by atoms with Gasteiger partial charge < -0.3 is 5.11 Å². The third-order valence-corrected chi connectivity index (χ3v) is 4.79. The van der Waals surface area contributed by atoms with Gasteiger partial charge in [-0.1, -0.05) is 24.3 Å². The number of fused-ring (bicyclic) bond motifs is 1. The van der Waals surface area contributed by atoms with E-state index in [0.29, 0.717) is 22.5 Å². The second-order valence-corrected chi connectivity index (χ2v) is 6.75. The van der Waals surface area contributed by atoms with Crippen LogP contribution in [-0.2, 0) is 0 Å². The summed E-state index contributed by atoms with van der Waals surface area (Å²) < 4.78 is 0. The normalized spacial score (nSPS) is 11.9. The van der Waals surface area contributed by atoms with Gasteiger partial charge in [-0.2, -0.15) is 0 Å². The summed E-state index contributed by atoms with van der Waals surface area (Å²) in [5.41, 5.74) is 2.39. The largest absolute Gasteiger partial charge is 0.505 e. The van der Waals surface area contributed by atoms with Gasteiger partial charge in [0.05, 0.1) is 16.7 Å². The van der Waals surface area contributed by atoms with Crippen LogP contribution in [0.3, 0.4) is 0 Å². The minimum absolute atomic E-state index is 0.00796. The molecule has 0 saturated carbocycles. The zero-order chi connectivity index (χ0) is 20.4. The highest BCUT2D eigenvalue weighted by molar-refractivity contribution is 5.86. The fourth-order valence-corrected chi connectivity index (χ4v) is 3.42. The van der Waals surface area contributed by atoms with Crippen LogP contribution in [0.15, 0.2) is 73.1 Å². The van der Waals surface area contributed by atoms with Crippen molar-refractivity contribution in [2.75, 3.05) is 5.32 Å². The highest BCUT2D eigenvalue weighted by Crippen LogP contribution is 2.38. The number of aromatic hydroxyl groups is 1. The van der Waals surface area contributed by atoms with Crippen LogP contribution in [0.4, 0.5) is 11.5 Å². The Morgan fingerprint density at radius 2 is 1.93 bits per heavy atom. The fourth-order valence-electron chi connectivity index (χ4n) is 3.42. The molecule has 0 aliphatic heterocycles. The van der Waals surface area contributed by atoms with Crippen molar-refractivity contribution in [2.24, 2.45) is 0 Å². The second kappa shape index (κ2) is 7.55. The van der Waals surface area contributed by atoms with E-state index in [1.807, 2.05) is 31.2 Å². The van der Waals surface area contributed by atoms with E-state index in [9.17, 15) is 15.2 Å². The number of nitro benzene ring substituents is 1. The monoisotopic (exact) mass is 387 g/mol. The van der Waals surface area contributed by atoms with Gasteiger partial charge in [-0.25, -0.2) is 4.98 Å². The molecule has 29 heavy (non-hydrogen) atoms. The van der Waals surface area contributed by atoms with E-state index in [1.165, 1.54) is 6.07 Å². The maximum Gasteiger partial charge on any atom is 0.277 e. The molecule has 0 bridgehead atoms. The Hall–Kier alpha value is -4.00. The number of H-pyrrole nitrogens is 1. The summed E-state index contributed by atoms with van der Waals surface area (Å²) in [7, 11) is 0. The van der Waals surface area contributed by atoms with Crippen LogP contribution in [0.5, 0.6) is 5.75 Å². The van der Waals surface area contributed by atoms with Crippen molar-refractivity contribution in [2.45, 2.75) is 13.0 Å². The van der Waals surface area contributed by atoms with Crippen LogP contribution >= 0.6 is 0 Å². The number of rotatable bonds is 5. The molecular formula is C22H19N4O3+. The molecule has 0 spiro atoms. The van der Waals surface area contributed by atoms with Crippen LogP contribution < -0.4 is 10.3 Å². The number of aryl methyl sites for hydroxylation is 1. The number of nitrogens with zero attached hydrogens (tertiary/aromatic N) is 2. The number of anilines is 1. The molecule has 2 aromatic carbocycles. The number of aromatic nitrogens is 2. The molecule has 144 valence electrons.